The highest BCUT2D eigenvalue weighted by molar-refractivity contribution is 7.89. The number of hydrogen-bond acceptors (Lipinski definition) is 6. The Bertz CT molecular complexity index is 1150. The Labute approximate surface area is 155 Å². The lowest BCUT2D eigenvalue weighted by molar-refractivity contribution is -0.0258. The first kappa shape index (κ1) is 18.8. The van der Waals surface area contributed by atoms with E-state index in [1.807, 2.05) is 0 Å². The number of hydroxylamine groups is 1. The first-order valence-corrected chi connectivity index (χ1v) is 9.24. The topological polar surface area (TPSA) is 106 Å². The van der Waals surface area contributed by atoms with Gasteiger partial charge in [-0.1, -0.05) is 22.7 Å². The molecule has 0 atom stereocenters. The van der Waals surface area contributed by atoms with Crippen molar-refractivity contribution in [1.29, 1.82) is 0 Å². The lowest BCUT2D eigenvalue weighted by atomic mass is 10.1. The molecule has 1 N–H and O–H groups in total. The quantitative estimate of drug-likeness (QED) is 0.531. The average molecular weight is 388 g/mol. The number of carbonyl (C=O) groups is 1. The van der Waals surface area contributed by atoms with Crippen molar-refractivity contribution in [2.24, 2.45) is 0 Å². The largest absolute Gasteiger partial charge is 0.422 e. The maximum absolute atomic E-state index is 12.4. The molecule has 0 bridgehead atoms. The summed E-state index contributed by atoms with van der Waals surface area (Å²) < 4.78 is 30.2. The van der Waals surface area contributed by atoms with Gasteiger partial charge in [-0.05, 0) is 36.4 Å². The van der Waals surface area contributed by atoms with Gasteiger partial charge in [-0.2, -0.15) is 0 Å². The molecule has 0 aliphatic heterocycles. The van der Waals surface area contributed by atoms with E-state index in [0.717, 1.165) is 4.47 Å². The molecule has 1 amide bonds. The fourth-order valence-corrected chi connectivity index (χ4v) is 3.35. The molecule has 0 saturated carbocycles. The predicted octanol–water partition coefficient (Wildman–Crippen LogP) is 2.23. The first-order chi connectivity index (χ1) is 12.8. The van der Waals surface area contributed by atoms with Gasteiger partial charge in [0.15, 0.2) is 0 Å². The summed E-state index contributed by atoms with van der Waals surface area (Å²) in [5, 5.41) is 3.16. The number of hydrogen-bond donors (Lipinski definition) is 1. The van der Waals surface area contributed by atoms with Crippen LogP contribution < -0.4 is 10.9 Å². The molecule has 0 spiro atoms. The molecule has 0 unspecified atom stereocenters. The predicted molar refractivity (Wildman–Crippen MR) is 98.8 cm³/mol. The minimum atomic E-state index is -3.78. The minimum Gasteiger partial charge on any atom is -0.422 e. The van der Waals surface area contributed by atoms with Gasteiger partial charge in [0.2, 0.25) is 0 Å². The molecule has 0 radical (unpaired) electrons. The van der Waals surface area contributed by atoms with Crippen molar-refractivity contribution in [3.8, 4) is 0 Å². The summed E-state index contributed by atoms with van der Waals surface area (Å²) in [5.41, 5.74) is -0.195. The van der Waals surface area contributed by atoms with Crippen molar-refractivity contribution in [3.63, 3.8) is 0 Å². The second-order valence-corrected chi connectivity index (χ2v) is 7.50. The lowest BCUT2D eigenvalue weighted by Crippen LogP contribution is -2.25. The molecule has 140 valence electrons. The summed E-state index contributed by atoms with van der Waals surface area (Å²) in [6.45, 7) is 0. The molecular formula is C18H16N2O6S. The van der Waals surface area contributed by atoms with Crippen LogP contribution in [0, 0.1) is 0 Å². The van der Waals surface area contributed by atoms with Gasteiger partial charge in [0.1, 0.15) is 11.1 Å². The van der Waals surface area contributed by atoms with E-state index < -0.39 is 21.6 Å². The number of benzene rings is 2. The number of para-hydroxylation sites is 1. The van der Waals surface area contributed by atoms with Crippen LogP contribution in [0.5, 0.6) is 0 Å². The molecule has 0 aliphatic carbocycles. The number of nitrogens with zero attached hydrogens (tertiary/aromatic N) is 1. The third-order valence-electron chi connectivity index (χ3n) is 3.89. The van der Waals surface area contributed by atoms with Crippen molar-refractivity contribution in [2.75, 3.05) is 19.5 Å². The molecule has 2 aromatic carbocycles. The van der Waals surface area contributed by atoms with Gasteiger partial charge in [0, 0.05) is 18.1 Å². The third-order valence-corrected chi connectivity index (χ3v) is 5.59. The second-order valence-electron chi connectivity index (χ2n) is 5.56. The van der Waals surface area contributed by atoms with Crippen LogP contribution in [-0.2, 0) is 14.9 Å². The number of nitrogens with one attached hydrogen (secondary N) is 1. The SMILES string of the molecule is CON(C)S(=O)(=O)c1ccc(NC(=O)c2cc3ccccc3oc2=O)cc1. The molecule has 0 aliphatic rings. The zero-order valence-electron chi connectivity index (χ0n) is 14.5. The van der Waals surface area contributed by atoms with Crippen molar-refractivity contribution in [2.45, 2.75) is 4.90 Å². The van der Waals surface area contributed by atoms with Gasteiger partial charge in [-0.15, -0.1) is 0 Å². The summed E-state index contributed by atoms with van der Waals surface area (Å²) in [4.78, 5) is 29.1. The smallest absolute Gasteiger partial charge is 0.349 e. The van der Waals surface area contributed by atoms with Crippen LogP contribution in [0.15, 0.2) is 68.7 Å². The maximum atomic E-state index is 12.4. The van der Waals surface area contributed by atoms with Crippen molar-refractivity contribution < 1.29 is 22.5 Å². The number of sulfonamides is 1. The van der Waals surface area contributed by atoms with E-state index in [0.29, 0.717) is 16.7 Å². The highest BCUT2D eigenvalue weighted by Gasteiger charge is 2.21. The summed E-state index contributed by atoms with van der Waals surface area (Å²) in [7, 11) is -1.28. The van der Waals surface area contributed by atoms with Crippen LogP contribution in [0.2, 0.25) is 0 Å². The van der Waals surface area contributed by atoms with E-state index in [2.05, 4.69) is 5.32 Å². The van der Waals surface area contributed by atoms with Crippen LogP contribution in [0.1, 0.15) is 10.4 Å². The molecule has 3 rings (SSSR count). The van der Waals surface area contributed by atoms with E-state index in [4.69, 9.17) is 9.25 Å². The van der Waals surface area contributed by atoms with E-state index in [1.54, 1.807) is 24.3 Å². The summed E-state index contributed by atoms with van der Waals surface area (Å²) in [6.07, 6.45) is 0. The fourth-order valence-electron chi connectivity index (χ4n) is 2.38. The van der Waals surface area contributed by atoms with Gasteiger partial charge < -0.3 is 9.73 Å². The second kappa shape index (κ2) is 7.31. The van der Waals surface area contributed by atoms with Gasteiger partial charge in [0.05, 0.1) is 12.0 Å². The molecule has 27 heavy (non-hydrogen) atoms. The van der Waals surface area contributed by atoms with Gasteiger partial charge in [-0.25, -0.2) is 13.2 Å². The van der Waals surface area contributed by atoms with Crippen molar-refractivity contribution in [1.82, 2.24) is 4.47 Å². The molecule has 1 heterocycles. The summed E-state index contributed by atoms with van der Waals surface area (Å²) in [5.74, 6) is -0.654. The van der Waals surface area contributed by atoms with Crippen LogP contribution in [0.4, 0.5) is 5.69 Å². The normalized spacial score (nSPS) is 11.7. The number of rotatable bonds is 5. The average Bonchev–Trinajstić information content (AvgIpc) is 2.67. The Morgan fingerprint density at radius 2 is 1.78 bits per heavy atom. The van der Waals surface area contributed by atoms with Crippen LogP contribution in [0.25, 0.3) is 11.0 Å². The molecule has 3 aromatic rings. The Balaban J connectivity index is 1.85. The monoisotopic (exact) mass is 388 g/mol. The lowest BCUT2D eigenvalue weighted by Gasteiger charge is -2.14. The number of amides is 1. The number of carbonyl (C=O) groups excluding carboxylic acids is 1. The Kier molecular flexibility index (Phi) is 5.08. The van der Waals surface area contributed by atoms with E-state index in [1.165, 1.54) is 44.5 Å². The molecule has 1 aromatic heterocycles. The number of anilines is 1. The van der Waals surface area contributed by atoms with Gasteiger partial charge in [-0.3, -0.25) is 9.63 Å². The van der Waals surface area contributed by atoms with E-state index in [-0.39, 0.29) is 10.5 Å². The van der Waals surface area contributed by atoms with Crippen molar-refractivity contribution in [3.05, 3.63) is 70.6 Å². The Morgan fingerprint density at radius 1 is 1.11 bits per heavy atom. The van der Waals surface area contributed by atoms with Crippen LogP contribution in [0.3, 0.4) is 0 Å². The Hall–Kier alpha value is -3.01. The molecular weight excluding hydrogens is 372 g/mol. The van der Waals surface area contributed by atoms with Crippen molar-refractivity contribution >= 4 is 32.6 Å². The highest BCUT2D eigenvalue weighted by Crippen LogP contribution is 2.18. The minimum absolute atomic E-state index is 0.00457. The van der Waals surface area contributed by atoms with Crippen LogP contribution >= 0.6 is 0 Å². The first-order valence-electron chi connectivity index (χ1n) is 7.80. The summed E-state index contributed by atoms with van der Waals surface area (Å²) in [6, 6.07) is 13.8. The maximum Gasteiger partial charge on any atom is 0.349 e. The fraction of sp³-hybridized carbons (Fsp3) is 0.111. The van der Waals surface area contributed by atoms with Gasteiger partial charge in [0.25, 0.3) is 15.9 Å². The van der Waals surface area contributed by atoms with E-state index >= 15 is 0 Å². The zero-order chi connectivity index (χ0) is 19.6. The molecule has 0 saturated heterocycles. The standard InChI is InChI=1S/C18H16N2O6S/c1-20(25-2)27(23,24)14-9-7-13(8-10-14)19-17(21)15-11-12-5-3-4-6-16(12)26-18(15)22/h3-11H,1-2H3,(H,19,21). The summed E-state index contributed by atoms with van der Waals surface area (Å²) >= 11 is 0. The molecule has 8 nitrogen and oxygen atoms in total. The molecule has 9 heteroatoms. The molecule has 0 fully saturated rings. The Morgan fingerprint density at radius 3 is 2.44 bits per heavy atom. The third kappa shape index (κ3) is 3.75. The van der Waals surface area contributed by atoms with E-state index in [9.17, 15) is 18.0 Å². The highest BCUT2D eigenvalue weighted by atomic mass is 32.2. The van der Waals surface area contributed by atoms with Gasteiger partial charge >= 0.3 is 5.63 Å². The van der Waals surface area contributed by atoms with Crippen LogP contribution in [-0.4, -0.2) is 33.0 Å². The number of fused-ring (bicyclic) bond motifs is 1. The zero-order valence-corrected chi connectivity index (χ0v) is 15.3.